The SMILES string of the molecule is CSc1ccnc(-c2cccc3cc(Cc4nc(N)ccc4Cl)sc23)c1. The summed E-state index contributed by atoms with van der Waals surface area (Å²) in [5.41, 5.74) is 8.76. The van der Waals surface area contributed by atoms with E-state index in [9.17, 15) is 0 Å². The third-order valence-electron chi connectivity index (χ3n) is 4.12. The maximum absolute atomic E-state index is 6.28. The van der Waals surface area contributed by atoms with Crippen molar-refractivity contribution in [1.29, 1.82) is 0 Å². The second-order valence-electron chi connectivity index (χ2n) is 5.86. The Bertz CT molecular complexity index is 1090. The first-order chi connectivity index (χ1) is 12.6. The molecule has 0 aliphatic carbocycles. The number of fused-ring (bicyclic) bond motifs is 1. The van der Waals surface area contributed by atoms with Crippen LogP contribution in [-0.4, -0.2) is 16.2 Å². The van der Waals surface area contributed by atoms with Gasteiger partial charge < -0.3 is 5.73 Å². The number of nitrogen functional groups attached to an aromatic ring is 1. The molecule has 1 aromatic carbocycles. The largest absolute Gasteiger partial charge is 0.384 e. The number of anilines is 1. The molecule has 0 aliphatic heterocycles. The minimum Gasteiger partial charge on any atom is -0.384 e. The molecule has 0 fully saturated rings. The summed E-state index contributed by atoms with van der Waals surface area (Å²) in [5, 5.41) is 1.85. The van der Waals surface area contributed by atoms with E-state index in [2.05, 4.69) is 46.6 Å². The van der Waals surface area contributed by atoms with Gasteiger partial charge in [-0.2, -0.15) is 0 Å². The first kappa shape index (κ1) is 17.3. The lowest BCUT2D eigenvalue weighted by Gasteiger charge is -2.04. The van der Waals surface area contributed by atoms with Gasteiger partial charge >= 0.3 is 0 Å². The van der Waals surface area contributed by atoms with Crippen LogP contribution in [-0.2, 0) is 6.42 Å². The smallest absolute Gasteiger partial charge is 0.123 e. The molecule has 4 rings (SSSR count). The van der Waals surface area contributed by atoms with E-state index in [0.29, 0.717) is 17.3 Å². The van der Waals surface area contributed by atoms with Gasteiger partial charge in [-0.1, -0.05) is 29.8 Å². The van der Waals surface area contributed by atoms with Gasteiger partial charge in [-0.05, 0) is 42.0 Å². The predicted molar refractivity (Wildman–Crippen MR) is 113 cm³/mol. The number of pyridine rings is 2. The molecular formula is C20H16ClN3S2. The zero-order valence-corrected chi connectivity index (χ0v) is 16.5. The van der Waals surface area contributed by atoms with E-state index in [1.807, 2.05) is 12.3 Å². The Balaban J connectivity index is 1.77. The highest BCUT2D eigenvalue weighted by Crippen LogP contribution is 2.36. The molecule has 0 saturated carbocycles. The highest BCUT2D eigenvalue weighted by molar-refractivity contribution is 7.98. The Labute approximate surface area is 165 Å². The van der Waals surface area contributed by atoms with Crippen LogP contribution in [0.1, 0.15) is 10.6 Å². The molecule has 0 saturated heterocycles. The standard InChI is InChI=1S/C20H16ClN3S2/c1-25-13-7-8-23-17(10-13)15-4-2-3-12-9-14(26-20(12)15)11-18-16(21)5-6-19(22)24-18/h2-10H,11H2,1H3,(H2,22,24). The number of hydrogen-bond acceptors (Lipinski definition) is 5. The second kappa shape index (κ2) is 7.27. The quantitative estimate of drug-likeness (QED) is 0.435. The molecule has 0 radical (unpaired) electrons. The van der Waals surface area contributed by atoms with Gasteiger partial charge in [-0.25, -0.2) is 4.98 Å². The molecule has 2 N–H and O–H groups in total. The molecule has 3 aromatic heterocycles. The Morgan fingerprint density at radius 3 is 2.88 bits per heavy atom. The number of benzene rings is 1. The molecule has 3 heterocycles. The molecule has 0 bridgehead atoms. The molecule has 130 valence electrons. The normalized spacial score (nSPS) is 11.2. The zero-order valence-electron chi connectivity index (χ0n) is 14.1. The molecule has 0 spiro atoms. The molecule has 0 amide bonds. The Morgan fingerprint density at radius 2 is 2.04 bits per heavy atom. The number of hydrogen-bond donors (Lipinski definition) is 1. The van der Waals surface area contributed by atoms with E-state index in [-0.39, 0.29) is 0 Å². The van der Waals surface area contributed by atoms with Gasteiger partial charge in [0.05, 0.1) is 16.4 Å². The van der Waals surface area contributed by atoms with Crippen molar-refractivity contribution in [2.75, 3.05) is 12.0 Å². The van der Waals surface area contributed by atoms with E-state index in [1.54, 1.807) is 35.2 Å². The molecule has 6 heteroatoms. The molecule has 26 heavy (non-hydrogen) atoms. The fraction of sp³-hybridized carbons (Fsp3) is 0.100. The monoisotopic (exact) mass is 397 g/mol. The average molecular weight is 398 g/mol. The van der Waals surface area contributed by atoms with Crippen LogP contribution in [0.3, 0.4) is 0 Å². The van der Waals surface area contributed by atoms with Gasteiger partial charge in [0.1, 0.15) is 5.82 Å². The summed E-state index contributed by atoms with van der Waals surface area (Å²) in [6.07, 6.45) is 4.61. The average Bonchev–Trinajstić information content (AvgIpc) is 3.07. The summed E-state index contributed by atoms with van der Waals surface area (Å²) in [6.45, 7) is 0. The van der Waals surface area contributed by atoms with E-state index in [1.165, 1.54) is 19.9 Å². The summed E-state index contributed by atoms with van der Waals surface area (Å²) in [6, 6.07) is 16.2. The number of aromatic nitrogens is 2. The van der Waals surface area contributed by atoms with E-state index in [4.69, 9.17) is 17.3 Å². The molecule has 4 aromatic rings. The first-order valence-electron chi connectivity index (χ1n) is 8.07. The van der Waals surface area contributed by atoms with Crippen molar-refractivity contribution < 1.29 is 0 Å². The molecule has 0 unspecified atom stereocenters. The van der Waals surface area contributed by atoms with Gasteiger partial charge in [-0.15, -0.1) is 23.1 Å². The van der Waals surface area contributed by atoms with Crippen molar-refractivity contribution in [2.24, 2.45) is 0 Å². The topological polar surface area (TPSA) is 51.8 Å². The number of nitrogens with two attached hydrogens (primary N) is 1. The lowest BCUT2D eigenvalue weighted by atomic mass is 10.1. The maximum atomic E-state index is 6.28. The summed E-state index contributed by atoms with van der Waals surface area (Å²) >= 11 is 9.76. The van der Waals surface area contributed by atoms with Crippen molar-refractivity contribution in [1.82, 2.24) is 9.97 Å². The number of thioether (sulfide) groups is 1. The summed E-state index contributed by atoms with van der Waals surface area (Å²) in [4.78, 5) is 11.4. The van der Waals surface area contributed by atoms with Crippen LogP contribution in [0.5, 0.6) is 0 Å². The van der Waals surface area contributed by atoms with Crippen LogP contribution in [0.2, 0.25) is 5.02 Å². The van der Waals surface area contributed by atoms with Gasteiger partial charge in [0, 0.05) is 32.7 Å². The number of halogens is 1. The number of thiophene rings is 1. The molecule has 0 aliphatic rings. The zero-order chi connectivity index (χ0) is 18.1. The fourth-order valence-corrected chi connectivity index (χ4v) is 4.66. The molecular weight excluding hydrogens is 382 g/mol. The summed E-state index contributed by atoms with van der Waals surface area (Å²) in [5.74, 6) is 0.490. The van der Waals surface area contributed by atoms with Crippen LogP contribution in [0, 0.1) is 0 Å². The van der Waals surface area contributed by atoms with Gasteiger partial charge in [0.2, 0.25) is 0 Å². The number of nitrogens with zero attached hydrogens (tertiary/aromatic N) is 2. The third kappa shape index (κ3) is 3.43. The van der Waals surface area contributed by atoms with Crippen LogP contribution < -0.4 is 5.73 Å². The molecule has 0 atom stereocenters. The van der Waals surface area contributed by atoms with Crippen LogP contribution in [0.15, 0.2) is 59.6 Å². The highest BCUT2D eigenvalue weighted by atomic mass is 35.5. The second-order valence-corrected chi connectivity index (χ2v) is 8.28. The van der Waals surface area contributed by atoms with E-state index >= 15 is 0 Å². The fourth-order valence-electron chi connectivity index (χ4n) is 2.88. The third-order valence-corrected chi connectivity index (χ3v) is 6.37. The van der Waals surface area contributed by atoms with Gasteiger partial charge in [-0.3, -0.25) is 4.98 Å². The van der Waals surface area contributed by atoms with Crippen LogP contribution in [0.25, 0.3) is 21.3 Å². The van der Waals surface area contributed by atoms with Crippen molar-refractivity contribution >= 4 is 50.6 Å². The van der Waals surface area contributed by atoms with Crippen molar-refractivity contribution in [3.63, 3.8) is 0 Å². The van der Waals surface area contributed by atoms with Crippen LogP contribution in [0.4, 0.5) is 5.82 Å². The highest BCUT2D eigenvalue weighted by Gasteiger charge is 2.12. The maximum Gasteiger partial charge on any atom is 0.123 e. The lowest BCUT2D eigenvalue weighted by molar-refractivity contribution is 1.10. The minimum absolute atomic E-state index is 0.490. The Kier molecular flexibility index (Phi) is 4.85. The minimum atomic E-state index is 0.490. The van der Waals surface area contributed by atoms with Crippen LogP contribution >= 0.6 is 34.7 Å². The number of rotatable bonds is 4. The summed E-state index contributed by atoms with van der Waals surface area (Å²) < 4.78 is 1.23. The predicted octanol–water partition coefficient (Wildman–Crippen LogP) is 5.91. The van der Waals surface area contributed by atoms with E-state index in [0.717, 1.165) is 17.0 Å². The summed E-state index contributed by atoms with van der Waals surface area (Å²) in [7, 11) is 0. The molecule has 3 nitrogen and oxygen atoms in total. The Hall–Kier alpha value is -2.08. The van der Waals surface area contributed by atoms with Gasteiger partial charge in [0.15, 0.2) is 0 Å². The lowest BCUT2D eigenvalue weighted by Crippen LogP contribution is -1.96. The van der Waals surface area contributed by atoms with Gasteiger partial charge in [0.25, 0.3) is 0 Å². The van der Waals surface area contributed by atoms with Crippen molar-refractivity contribution in [3.05, 3.63) is 70.3 Å². The van der Waals surface area contributed by atoms with Crippen molar-refractivity contribution in [2.45, 2.75) is 11.3 Å². The van der Waals surface area contributed by atoms with Crippen molar-refractivity contribution in [3.8, 4) is 11.3 Å². The first-order valence-corrected chi connectivity index (χ1v) is 10.5. The van der Waals surface area contributed by atoms with E-state index < -0.39 is 0 Å². The Morgan fingerprint density at radius 1 is 1.15 bits per heavy atom.